The van der Waals surface area contributed by atoms with Crippen LogP contribution in [0.1, 0.15) is 11.4 Å². The molecule has 1 fully saturated rings. The number of likely N-dealkylation sites (tertiary alicyclic amines) is 1. The summed E-state index contributed by atoms with van der Waals surface area (Å²) >= 11 is 0. The SMILES string of the molecule is COc1ccc(CN2CC3Cc4ncc(-c5ccc(OC)cc5)n4CC3C2)cc1.O=C(O)C(F)(F)F. The van der Waals surface area contributed by atoms with Gasteiger partial charge in [-0.3, -0.25) is 4.90 Å². The maximum Gasteiger partial charge on any atom is 0.490 e. The molecule has 2 unspecified atom stereocenters. The number of fused-ring (bicyclic) bond motifs is 2. The molecule has 0 spiro atoms. The Morgan fingerprint density at radius 2 is 1.53 bits per heavy atom. The first-order valence-electron chi connectivity index (χ1n) is 11.5. The monoisotopic (exact) mass is 503 g/mol. The number of aliphatic carboxylic acids is 1. The maximum absolute atomic E-state index is 10.6. The van der Waals surface area contributed by atoms with E-state index >= 15 is 0 Å². The number of alkyl halides is 3. The number of carboxylic acid groups (broad SMARTS) is 1. The molecule has 7 nitrogen and oxygen atoms in total. The summed E-state index contributed by atoms with van der Waals surface area (Å²) in [6.45, 7) is 4.36. The van der Waals surface area contributed by atoms with Crippen molar-refractivity contribution in [3.05, 3.63) is 66.1 Å². The summed E-state index contributed by atoms with van der Waals surface area (Å²) in [5, 5.41) is 7.12. The zero-order chi connectivity index (χ0) is 25.9. The van der Waals surface area contributed by atoms with Crippen molar-refractivity contribution in [2.45, 2.75) is 25.7 Å². The van der Waals surface area contributed by atoms with Gasteiger partial charge in [-0.1, -0.05) is 12.1 Å². The molecule has 3 aromatic rings. The van der Waals surface area contributed by atoms with Gasteiger partial charge in [-0.05, 0) is 53.8 Å². The second-order valence-electron chi connectivity index (χ2n) is 8.97. The number of hydrogen-bond donors (Lipinski definition) is 1. The van der Waals surface area contributed by atoms with E-state index in [1.165, 1.54) is 22.6 Å². The van der Waals surface area contributed by atoms with Crippen LogP contribution in [-0.4, -0.2) is 59.0 Å². The van der Waals surface area contributed by atoms with Gasteiger partial charge in [-0.15, -0.1) is 0 Å². The minimum absolute atomic E-state index is 0.687. The summed E-state index contributed by atoms with van der Waals surface area (Å²) in [4.78, 5) is 16.3. The number of nitrogens with zero attached hydrogens (tertiary/aromatic N) is 3. The Labute approximate surface area is 207 Å². The van der Waals surface area contributed by atoms with Crippen molar-refractivity contribution in [3.63, 3.8) is 0 Å². The topological polar surface area (TPSA) is 76.8 Å². The van der Waals surface area contributed by atoms with Crippen LogP contribution < -0.4 is 9.47 Å². The molecule has 1 N–H and O–H groups in total. The molecule has 192 valence electrons. The molecule has 0 aliphatic carbocycles. The third kappa shape index (κ3) is 5.81. The largest absolute Gasteiger partial charge is 0.497 e. The predicted molar refractivity (Wildman–Crippen MR) is 127 cm³/mol. The van der Waals surface area contributed by atoms with E-state index in [9.17, 15) is 13.2 Å². The van der Waals surface area contributed by atoms with Crippen molar-refractivity contribution >= 4 is 5.97 Å². The number of aromatic nitrogens is 2. The van der Waals surface area contributed by atoms with Crippen LogP contribution in [0.15, 0.2) is 54.7 Å². The van der Waals surface area contributed by atoms with Gasteiger partial charge in [-0.25, -0.2) is 9.78 Å². The number of carboxylic acids is 1. The number of rotatable bonds is 5. The maximum atomic E-state index is 10.6. The predicted octanol–water partition coefficient (Wildman–Crippen LogP) is 4.50. The summed E-state index contributed by atoms with van der Waals surface area (Å²) < 4.78 is 44.7. The van der Waals surface area contributed by atoms with Crippen molar-refractivity contribution in [2.75, 3.05) is 27.3 Å². The molecule has 2 aliphatic rings. The number of ether oxygens (including phenoxy) is 2. The minimum atomic E-state index is -5.08. The number of imidazole rings is 1. The molecule has 2 atom stereocenters. The number of benzene rings is 2. The fourth-order valence-electron chi connectivity index (χ4n) is 4.83. The molecule has 0 radical (unpaired) electrons. The van der Waals surface area contributed by atoms with E-state index in [1.807, 2.05) is 18.3 Å². The van der Waals surface area contributed by atoms with Crippen LogP contribution in [0.25, 0.3) is 11.3 Å². The smallest absolute Gasteiger partial charge is 0.490 e. The molecule has 36 heavy (non-hydrogen) atoms. The lowest BCUT2D eigenvalue weighted by Gasteiger charge is -2.27. The van der Waals surface area contributed by atoms with Crippen LogP contribution in [0.4, 0.5) is 13.2 Å². The van der Waals surface area contributed by atoms with E-state index in [1.54, 1.807) is 14.2 Å². The van der Waals surface area contributed by atoms with E-state index < -0.39 is 12.1 Å². The fourth-order valence-corrected chi connectivity index (χ4v) is 4.83. The zero-order valence-electron chi connectivity index (χ0n) is 20.0. The molecule has 2 aliphatic heterocycles. The van der Waals surface area contributed by atoms with Crippen LogP contribution in [0.3, 0.4) is 0 Å². The first-order valence-corrected chi connectivity index (χ1v) is 11.5. The fraction of sp³-hybridized carbons (Fsp3) is 0.385. The lowest BCUT2D eigenvalue weighted by Crippen LogP contribution is -2.28. The van der Waals surface area contributed by atoms with Gasteiger partial charge in [-0.2, -0.15) is 13.2 Å². The van der Waals surface area contributed by atoms with Crippen LogP contribution in [0.2, 0.25) is 0 Å². The Hall–Kier alpha value is -3.53. The Balaban J connectivity index is 0.000000384. The normalized spacial score (nSPS) is 19.0. The molecule has 2 aromatic carbocycles. The summed E-state index contributed by atoms with van der Waals surface area (Å²) in [5.41, 5.74) is 3.77. The highest BCUT2D eigenvalue weighted by atomic mass is 19.4. The van der Waals surface area contributed by atoms with Gasteiger partial charge in [0.15, 0.2) is 0 Å². The molecule has 10 heteroatoms. The molecule has 5 rings (SSSR count). The quantitative estimate of drug-likeness (QED) is 0.553. The van der Waals surface area contributed by atoms with Crippen LogP contribution in [-0.2, 0) is 24.3 Å². The Bertz CT molecular complexity index is 1180. The lowest BCUT2D eigenvalue weighted by molar-refractivity contribution is -0.192. The molecule has 3 heterocycles. The molecular weight excluding hydrogens is 475 g/mol. The number of methoxy groups -OCH3 is 2. The molecular formula is C26H28F3N3O4. The lowest BCUT2D eigenvalue weighted by atomic mass is 9.89. The summed E-state index contributed by atoms with van der Waals surface area (Å²) in [5.74, 6) is 1.66. The van der Waals surface area contributed by atoms with Gasteiger partial charge in [0, 0.05) is 38.2 Å². The second kappa shape index (κ2) is 10.6. The summed E-state index contributed by atoms with van der Waals surface area (Å²) in [6, 6.07) is 16.7. The average molecular weight is 504 g/mol. The third-order valence-corrected chi connectivity index (χ3v) is 6.65. The third-order valence-electron chi connectivity index (χ3n) is 6.65. The van der Waals surface area contributed by atoms with Crippen LogP contribution in [0, 0.1) is 11.8 Å². The van der Waals surface area contributed by atoms with E-state index in [0.717, 1.165) is 44.1 Å². The molecule has 0 saturated carbocycles. The highest BCUT2D eigenvalue weighted by Gasteiger charge is 2.39. The highest BCUT2D eigenvalue weighted by Crippen LogP contribution is 2.36. The second-order valence-corrected chi connectivity index (χ2v) is 8.97. The Morgan fingerprint density at radius 1 is 0.972 bits per heavy atom. The van der Waals surface area contributed by atoms with E-state index in [2.05, 4.69) is 45.9 Å². The standard InChI is InChI=1S/C24H27N3O2.C2HF3O2/c1-28-21-7-3-17(4-8-21)13-26-14-19-11-24-25-12-23(27(24)16-20(19)15-26)18-5-9-22(29-2)10-6-18;3-2(4,5)1(6)7/h3-10,12,19-20H,11,13-16H2,1-2H3;(H,6,7). The molecule has 0 bridgehead atoms. The van der Waals surface area contributed by atoms with Crippen molar-refractivity contribution < 1.29 is 32.5 Å². The van der Waals surface area contributed by atoms with Gasteiger partial charge in [0.05, 0.1) is 26.1 Å². The molecule has 1 aromatic heterocycles. The molecule has 0 amide bonds. The Morgan fingerprint density at radius 3 is 2.08 bits per heavy atom. The number of halogens is 3. The van der Waals surface area contributed by atoms with Gasteiger partial charge in [0.2, 0.25) is 0 Å². The van der Waals surface area contributed by atoms with Gasteiger partial charge >= 0.3 is 12.1 Å². The van der Waals surface area contributed by atoms with Gasteiger partial charge in [0.1, 0.15) is 17.3 Å². The van der Waals surface area contributed by atoms with Crippen molar-refractivity contribution in [2.24, 2.45) is 11.8 Å². The van der Waals surface area contributed by atoms with E-state index in [-0.39, 0.29) is 0 Å². The van der Waals surface area contributed by atoms with Crippen molar-refractivity contribution in [1.82, 2.24) is 14.5 Å². The van der Waals surface area contributed by atoms with Gasteiger partial charge in [0.25, 0.3) is 0 Å². The zero-order valence-corrected chi connectivity index (χ0v) is 20.0. The first kappa shape index (κ1) is 25.6. The van der Waals surface area contributed by atoms with Gasteiger partial charge < -0.3 is 19.1 Å². The average Bonchev–Trinajstić information content (AvgIpc) is 3.45. The van der Waals surface area contributed by atoms with Crippen LogP contribution in [0.5, 0.6) is 11.5 Å². The summed E-state index contributed by atoms with van der Waals surface area (Å²) in [7, 11) is 3.41. The summed E-state index contributed by atoms with van der Waals surface area (Å²) in [6.07, 6.45) is -1.98. The number of carbonyl (C=O) groups is 1. The Kier molecular flexibility index (Phi) is 7.53. The van der Waals surface area contributed by atoms with Crippen LogP contribution >= 0.6 is 0 Å². The van der Waals surface area contributed by atoms with E-state index in [4.69, 9.17) is 24.4 Å². The highest BCUT2D eigenvalue weighted by molar-refractivity contribution is 5.73. The van der Waals surface area contributed by atoms with Crippen molar-refractivity contribution in [1.29, 1.82) is 0 Å². The molecule has 1 saturated heterocycles. The first-order chi connectivity index (χ1) is 17.2. The minimum Gasteiger partial charge on any atom is -0.497 e. The number of hydrogen-bond acceptors (Lipinski definition) is 5. The van der Waals surface area contributed by atoms with Crippen molar-refractivity contribution in [3.8, 4) is 22.8 Å². The van der Waals surface area contributed by atoms with E-state index in [0.29, 0.717) is 11.8 Å².